The van der Waals surface area contributed by atoms with E-state index < -0.39 is 22.4 Å². The highest BCUT2D eigenvalue weighted by molar-refractivity contribution is 7.99. The Morgan fingerprint density at radius 3 is 2.89 bits per heavy atom. The number of fused-ring (bicyclic) bond motifs is 1. The third-order valence-corrected chi connectivity index (χ3v) is 3.35. The van der Waals surface area contributed by atoms with Crippen LogP contribution in [0.5, 0.6) is 0 Å². The number of nitrogens with zero attached hydrogens (tertiary/aromatic N) is 1. The summed E-state index contributed by atoms with van der Waals surface area (Å²) in [6.45, 7) is 0. The van der Waals surface area contributed by atoms with Gasteiger partial charge in [0.15, 0.2) is 0 Å². The Hall–Kier alpha value is -2.09. The predicted molar refractivity (Wildman–Crippen MR) is 62.4 cm³/mol. The lowest BCUT2D eigenvalue weighted by Gasteiger charge is -2.19. The third kappa shape index (κ3) is 2.28. The van der Waals surface area contributed by atoms with Crippen LogP contribution in [-0.4, -0.2) is 21.8 Å². The fourth-order valence-corrected chi connectivity index (χ4v) is 2.49. The van der Waals surface area contributed by atoms with Crippen molar-refractivity contribution in [1.82, 2.24) is 0 Å². The molecule has 0 saturated heterocycles. The van der Waals surface area contributed by atoms with Gasteiger partial charge in [0.25, 0.3) is 0 Å². The molecule has 0 aliphatic carbocycles. The first kappa shape index (κ1) is 12.4. The number of anilines is 1. The molecule has 1 aliphatic heterocycles. The zero-order chi connectivity index (χ0) is 13.3. The van der Waals surface area contributed by atoms with Crippen LogP contribution in [-0.2, 0) is 4.79 Å². The molecule has 0 saturated carbocycles. The van der Waals surface area contributed by atoms with Crippen LogP contribution in [0.1, 0.15) is 0 Å². The number of thioether (sulfide) groups is 1. The highest BCUT2D eigenvalue weighted by Crippen LogP contribution is 2.35. The maximum Gasteiger partial charge on any atom is 0.409 e. The summed E-state index contributed by atoms with van der Waals surface area (Å²) in [7, 11) is 0. The Labute approximate surface area is 105 Å². The molecule has 0 amide bonds. The van der Waals surface area contributed by atoms with Crippen molar-refractivity contribution in [2.75, 3.05) is 11.1 Å². The molecule has 0 unspecified atom stereocenters. The fourth-order valence-electron chi connectivity index (χ4n) is 1.51. The number of carboxylic acids is 1. The molecule has 94 valence electrons. The average molecular weight is 270 g/mol. The van der Waals surface area contributed by atoms with E-state index in [9.17, 15) is 19.3 Å². The Morgan fingerprint density at radius 1 is 1.56 bits per heavy atom. The minimum atomic E-state index is -1.60. The average Bonchev–Trinajstić information content (AvgIpc) is 2.28. The minimum absolute atomic E-state index is 0.00314. The molecule has 0 fully saturated rings. The smallest absolute Gasteiger partial charge is 0.409 e. The van der Waals surface area contributed by atoms with Gasteiger partial charge in [-0.2, -0.15) is 0 Å². The maximum atomic E-state index is 13.0. The molecule has 8 heteroatoms. The lowest BCUT2D eigenvalue weighted by molar-refractivity contribution is -0.422. The largest absolute Gasteiger partial charge is 0.473 e. The van der Waals surface area contributed by atoms with Gasteiger partial charge in [-0.25, -0.2) is 9.18 Å². The molecule has 0 aromatic heterocycles. The van der Waals surface area contributed by atoms with Crippen LogP contribution in [0.4, 0.5) is 10.1 Å². The lowest BCUT2D eigenvalue weighted by Crippen LogP contribution is -2.20. The van der Waals surface area contributed by atoms with Crippen molar-refractivity contribution in [2.24, 2.45) is 0 Å². The second kappa shape index (κ2) is 4.65. The van der Waals surface area contributed by atoms with E-state index in [0.29, 0.717) is 10.6 Å². The van der Waals surface area contributed by atoms with E-state index in [1.807, 2.05) is 0 Å². The molecule has 18 heavy (non-hydrogen) atoms. The van der Waals surface area contributed by atoms with E-state index in [0.717, 1.165) is 11.8 Å². The van der Waals surface area contributed by atoms with Crippen LogP contribution in [0.25, 0.3) is 0 Å². The monoisotopic (exact) mass is 270 g/mol. The number of aliphatic carboxylic acids is 1. The minimum Gasteiger partial charge on any atom is -0.473 e. The summed E-state index contributed by atoms with van der Waals surface area (Å²) in [5.41, 5.74) is -0.433. The number of benzene rings is 1. The summed E-state index contributed by atoms with van der Waals surface area (Å²) in [6, 6.07) is 3.90. The van der Waals surface area contributed by atoms with Gasteiger partial charge in [-0.05, 0) is 18.2 Å². The van der Waals surface area contributed by atoms with Crippen molar-refractivity contribution in [3.63, 3.8) is 0 Å². The van der Waals surface area contributed by atoms with Crippen molar-refractivity contribution in [3.05, 3.63) is 45.5 Å². The Balaban J connectivity index is 2.42. The van der Waals surface area contributed by atoms with E-state index >= 15 is 0 Å². The highest BCUT2D eigenvalue weighted by atomic mass is 32.2. The molecule has 2 N–H and O–H groups in total. The molecular weight excluding hydrogens is 263 g/mol. The summed E-state index contributed by atoms with van der Waals surface area (Å²) in [5, 5.41) is 22.1. The standard InChI is InChI=1S/C10H7FN2O4S/c11-5-1-2-6-8(3-5)18-4-7(12-6)9(10(14)15)13(16)17/h1-3,12H,4H2,(H,14,15)/b9-7+. The first-order valence-electron chi connectivity index (χ1n) is 4.79. The lowest BCUT2D eigenvalue weighted by atomic mass is 10.2. The molecule has 2 rings (SSSR count). The number of carbonyl (C=O) groups is 1. The summed E-state index contributed by atoms with van der Waals surface area (Å²) < 4.78 is 13.0. The SMILES string of the molecule is O=C(O)/C(=C1/CSc2cc(F)ccc2N1)[N+](=O)[O-]. The van der Waals surface area contributed by atoms with Crippen LogP contribution >= 0.6 is 11.8 Å². The Bertz CT molecular complexity index is 557. The number of halogens is 1. The van der Waals surface area contributed by atoms with Crippen molar-refractivity contribution in [3.8, 4) is 0 Å². The molecule has 1 heterocycles. The Morgan fingerprint density at radius 2 is 2.28 bits per heavy atom. The van der Waals surface area contributed by atoms with Crippen LogP contribution < -0.4 is 5.32 Å². The van der Waals surface area contributed by atoms with E-state index in [2.05, 4.69) is 5.32 Å². The van der Waals surface area contributed by atoms with Gasteiger partial charge in [0.05, 0.1) is 10.6 Å². The zero-order valence-corrected chi connectivity index (χ0v) is 9.66. The number of hydrogen-bond donors (Lipinski definition) is 2. The second-order valence-corrected chi connectivity index (χ2v) is 4.46. The van der Waals surface area contributed by atoms with Gasteiger partial charge in [-0.1, -0.05) is 0 Å². The highest BCUT2D eigenvalue weighted by Gasteiger charge is 2.29. The number of carboxylic acid groups (broad SMARTS) is 1. The first-order valence-corrected chi connectivity index (χ1v) is 5.78. The maximum absolute atomic E-state index is 13.0. The predicted octanol–water partition coefficient (Wildman–Crippen LogP) is 1.92. The topological polar surface area (TPSA) is 92.5 Å². The fraction of sp³-hybridized carbons (Fsp3) is 0.100. The second-order valence-electron chi connectivity index (χ2n) is 3.44. The van der Waals surface area contributed by atoms with Gasteiger partial charge in [0.1, 0.15) is 11.5 Å². The van der Waals surface area contributed by atoms with Crippen molar-refractivity contribution < 1.29 is 19.2 Å². The van der Waals surface area contributed by atoms with Crippen LogP contribution in [0, 0.1) is 15.9 Å². The number of hydrogen-bond acceptors (Lipinski definition) is 5. The van der Waals surface area contributed by atoms with Crippen molar-refractivity contribution in [1.29, 1.82) is 0 Å². The summed E-state index contributed by atoms with van der Waals surface area (Å²) in [6.07, 6.45) is 0. The number of nitro groups is 1. The molecule has 1 aliphatic rings. The van der Waals surface area contributed by atoms with Crippen LogP contribution in [0.15, 0.2) is 34.5 Å². The normalized spacial score (nSPS) is 16.5. The van der Waals surface area contributed by atoms with Gasteiger partial charge < -0.3 is 10.4 Å². The number of rotatable bonds is 2. The quantitative estimate of drug-likeness (QED) is 0.484. The van der Waals surface area contributed by atoms with Crippen LogP contribution in [0.3, 0.4) is 0 Å². The van der Waals surface area contributed by atoms with E-state index in [4.69, 9.17) is 5.11 Å². The molecule has 0 spiro atoms. The third-order valence-electron chi connectivity index (χ3n) is 2.27. The summed E-state index contributed by atoms with van der Waals surface area (Å²) >= 11 is 1.15. The zero-order valence-electron chi connectivity index (χ0n) is 8.84. The molecule has 6 nitrogen and oxygen atoms in total. The summed E-state index contributed by atoms with van der Waals surface area (Å²) in [4.78, 5) is 21.1. The van der Waals surface area contributed by atoms with Crippen LogP contribution in [0.2, 0.25) is 0 Å². The molecular formula is C10H7FN2O4S. The van der Waals surface area contributed by atoms with E-state index in [1.54, 1.807) is 0 Å². The van der Waals surface area contributed by atoms with Crippen molar-refractivity contribution in [2.45, 2.75) is 4.90 Å². The van der Waals surface area contributed by atoms with Gasteiger partial charge in [0, 0.05) is 10.6 Å². The molecule has 0 radical (unpaired) electrons. The Kier molecular flexibility index (Phi) is 3.19. The number of nitrogens with one attached hydrogen (secondary N) is 1. The van der Waals surface area contributed by atoms with Gasteiger partial charge in [-0.15, -0.1) is 11.8 Å². The first-order chi connectivity index (χ1) is 8.49. The van der Waals surface area contributed by atoms with E-state index in [-0.39, 0.29) is 11.4 Å². The van der Waals surface area contributed by atoms with Gasteiger partial charge >= 0.3 is 11.7 Å². The van der Waals surface area contributed by atoms with Gasteiger partial charge in [0.2, 0.25) is 0 Å². The molecule has 1 aromatic carbocycles. The van der Waals surface area contributed by atoms with Gasteiger partial charge in [-0.3, -0.25) is 10.1 Å². The molecule has 1 aromatic rings. The molecule has 0 bridgehead atoms. The summed E-state index contributed by atoms with van der Waals surface area (Å²) in [5.74, 6) is -1.93. The molecule has 0 atom stereocenters. The van der Waals surface area contributed by atoms with E-state index in [1.165, 1.54) is 18.2 Å². The van der Waals surface area contributed by atoms with Crippen molar-refractivity contribution >= 4 is 23.4 Å².